The van der Waals surface area contributed by atoms with E-state index in [1.165, 1.54) is 12.1 Å². The van der Waals surface area contributed by atoms with Gasteiger partial charge < -0.3 is 15.0 Å². The number of carbonyl (C=O) groups excluding carboxylic acids is 2. The highest BCUT2D eigenvalue weighted by Crippen LogP contribution is 2.21. The number of likely N-dealkylation sites (N-methyl/N-ethyl adjacent to an activating group) is 1. The number of benzene rings is 2. The van der Waals surface area contributed by atoms with Crippen LogP contribution in [0.3, 0.4) is 0 Å². The molecule has 1 amide bonds. The first-order chi connectivity index (χ1) is 15.4. The second-order valence-electron chi connectivity index (χ2n) is 7.79. The summed E-state index contributed by atoms with van der Waals surface area (Å²) in [7, 11) is 2.08. The lowest BCUT2D eigenvalue weighted by atomic mass is 10.0. The summed E-state index contributed by atoms with van der Waals surface area (Å²) in [6.45, 7) is 6.06. The maximum absolute atomic E-state index is 13.1. The second kappa shape index (κ2) is 10.8. The Labute approximate surface area is 187 Å². The maximum Gasteiger partial charge on any atom is 0.338 e. The highest BCUT2D eigenvalue weighted by Gasteiger charge is 2.24. The van der Waals surface area contributed by atoms with E-state index in [0.29, 0.717) is 6.54 Å². The molecule has 1 fully saturated rings. The fourth-order valence-corrected chi connectivity index (χ4v) is 3.63. The molecule has 0 radical (unpaired) electrons. The van der Waals surface area contributed by atoms with Gasteiger partial charge in [0.05, 0.1) is 23.1 Å². The van der Waals surface area contributed by atoms with Crippen molar-refractivity contribution >= 4 is 17.6 Å². The van der Waals surface area contributed by atoms with E-state index < -0.39 is 16.8 Å². The molecule has 9 heteroatoms. The molecule has 0 aliphatic carbocycles. The number of nitro benzene ring substituents is 1. The quantitative estimate of drug-likeness (QED) is 0.382. The van der Waals surface area contributed by atoms with E-state index >= 15 is 0 Å². The predicted molar refractivity (Wildman–Crippen MR) is 120 cm³/mol. The first-order valence-corrected chi connectivity index (χ1v) is 10.6. The number of nitrogens with zero attached hydrogens (tertiary/aromatic N) is 3. The van der Waals surface area contributed by atoms with Crippen LogP contribution in [-0.2, 0) is 4.74 Å². The molecule has 9 nitrogen and oxygen atoms in total. The average Bonchev–Trinajstić information content (AvgIpc) is 2.80. The molecule has 32 heavy (non-hydrogen) atoms. The van der Waals surface area contributed by atoms with Crippen molar-refractivity contribution in [3.63, 3.8) is 0 Å². The van der Waals surface area contributed by atoms with Gasteiger partial charge in [-0.2, -0.15) is 0 Å². The molecule has 170 valence electrons. The molecule has 0 aromatic heterocycles. The number of nitro groups is 1. The van der Waals surface area contributed by atoms with Gasteiger partial charge in [-0.1, -0.05) is 30.3 Å². The number of esters is 1. The molecular formula is C23H28N4O5. The fourth-order valence-electron chi connectivity index (χ4n) is 3.63. The standard InChI is InChI=1S/C23H28N4O5/c1-3-32-23(29)19-13-18(14-20(15-19)27(30)31)22(28)24-21(17-7-5-4-6-8-17)16-26-11-9-25(2)10-12-26/h4-8,13-15,21H,3,9-12,16H2,1-2H3,(H,24,28). The van der Waals surface area contributed by atoms with Gasteiger partial charge in [0.25, 0.3) is 11.6 Å². The van der Waals surface area contributed by atoms with Gasteiger partial charge in [0.2, 0.25) is 0 Å². The zero-order valence-corrected chi connectivity index (χ0v) is 18.3. The van der Waals surface area contributed by atoms with E-state index in [0.717, 1.165) is 37.8 Å². The minimum Gasteiger partial charge on any atom is -0.462 e. The lowest BCUT2D eigenvalue weighted by Crippen LogP contribution is -2.47. The van der Waals surface area contributed by atoms with Gasteiger partial charge >= 0.3 is 5.97 Å². The van der Waals surface area contributed by atoms with Crippen LogP contribution < -0.4 is 5.32 Å². The van der Waals surface area contributed by atoms with E-state index in [1.807, 2.05) is 30.3 Å². The molecule has 2 aromatic carbocycles. The zero-order chi connectivity index (χ0) is 23.1. The Hall–Kier alpha value is -3.30. The molecule has 0 spiro atoms. The van der Waals surface area contributed by atoms with Crippen molar-refractivity contribution in [3.8, 4) is 0 Å². The van der Waals surface area contributed by atoms with Crippen molar-refractivity contribution in [1.29, 1.82) is 0 Å². The minimum absolute atomic E-state index is 0.0264. The molecule has 1 unspecified atom stereocenters. The molecule has 0 bridgehead atoms. The Kier molecular flexibility index (Phi) is 7.91. The average molecular weight is 441 g/mol. The molecule has 1 atom stereocenters. The third-order valence-corrected chi connectivity index (χ3v) is 5.45. The van der Waals surface area contributed by atoms with Gasteiger partial charge in [-0.15, -0.1) is 0 Å². The number of non-ortho nitro benzene ring substituents is 1. The topological polar surface area (TPSA) is 105 Å². The summed E-state index contributed by atoms with van der Waals surface area (Å²) in [6, 6.07) is 12.9. The van der Waals surface area contributed by atoms with Crippen LogP contribution in [0.25, 0.3) is 0 Å². The summed E-state index contributed by atoms with van der Waals surface area (Å²) in [5, 5.41) is 14.4. The second-order valence-corrected chi connectivity index (χ2v) is 7.79. The number of piperazine rings is 1. The molecule has 1 aliphatic heterocycles. The van der Waals surface area contributed by atoms with Crippen molar-refractivity contribution in [2.45, 2.75) is 13.0 Å². The number of hydrogen-bond acceptors (Lipinski definition) is 7. The Balaban J connectivity index is 1.85. The summed E-state index contributed by atoms with van der Waals surface area (Å²) in [4.78, 5) is 40.5. The molecule has 1 saturated heterocycles. The van der Waals surface area contributed by atoms with Crippen LogP contribution in [0.4, 0.5) is 5.69 Å². The lowest BCUT2D eigenvalue weighted by Gasteiger charge is -2.35. The zero-order valence-electron chi connectivity index (χ0n) is 18.3. The van der Waals surface area contributed by atoms with Crippen molar-refractivity contribution in [1.82, 2.24) is 15.1 Å². The number of amides is 1. The Morgan fingerprint density at radius 2 is 1.75 bits per heavy atom. The van der Waals surface area contributed by atoms with Gasteiger partial charge in [0.1, 0.15) is 0 Å². The molecule has 0 saturated carbocycles. The highest BCUT2D eigenvalue weighted by atomic mass is 16.6. The molecule has 3 rings (SSSR count). The number of ether oxygens (including phenoxy) is 1. The molecule has 1 heterocycles. The van der Waals surface area contributed by atoms with Gasteiger partial charge in [-0.25, -0.2) is 4.79 Å². The van der Waals surface area contributed by atoms with Crippen LogP contribution in [0.5, 0.6) is 0 Å². The summed E-state index contributed by atoms with van der Waals surface area (Å²) in [5.41, 5.74) is 0.620. The van der Waals surface area contributed by atoms with Crippen molar-refractivity contribution in [2.75, 3.05) is 46.4 Å². The SMILES string of the molecule is CCOC(=O)c1cc(C(=O)NC(CN2CCN(C)CC2)c2ccccc2)cc([N+](=O)[O-])c1. The molecule has 1 N–H and O–H groups in total. The summed E-state index contributed by atoms with van der Waals surface area (Å²) in [6.07, 6.45) is 0. The van der Waals surface area contributed by atoms with Crippen molar-refractivity contribution < 1.29 is 19.2 Å². The van der Waals surface area contributed by atoms with Gasteiger partial charge in [0, 0.05) is 50.4 Å². The number of hydrogen-bond donors (Lipinski definition) is 1. The normalized spacial score (nSPS) is 15.7. The number of carbonyl (C=O) groups is 2. The minimum atomic E-state index is -0.706. The Morgan fingerprint density at radius 3 is 2.38 bits per heavy atom. The number of rotatable bonds is 8. The van der Waals surface area contributed by atoms with E-state index in [9.17, 15) is 19.7 Å². The van der Waals surface area contributed by atoms with E-state index in [2.05, 4.69) is 22.2 Å². The third kappa shape index (κ3) is 6.12. The Bertz CT molecular complexity index is 958. The van der Waals surface area contributed by atoms with E-state index in [-0.39, 0.29) is 29.5 Å². The van der Waals surface area contributed by atoms with Gasteiger partial charge in [-0.3, -0.25) is 19.8 Å². The van der Waals surface area contributed by atoms with Crippen molar-refractivity contribution in [2.24, 2.45) is 0 Å². The first kappa shape index (κ1) is 23.4. The van der Waals surface area contributed by atoms with Gasteiger partial charge in [-0.05, 0) is 25.6 Å². The third-order valence-electron chi connectivity index (χ3n) is 5.45. The number of nitrogens with one attached hydrogen (secondary N) is 1. The first-order valence-electron chi connectivity index (χ1n) is 10.6. The summed E-state index contributed by atoms with van der Waals surface area (Å²) < 4.78 is 4.95. The van der Waals surface area contributed by atoms with Crippen LogP contribution in [0.2, 0.25) is 0 Å². The van der Waals surface area contributed by atoms with Gasteiger partial charge in [0.15, 0.2) is 0 Å². The molecule has 1 aliphatic rings. The van der Waals surface area contributed by atoms with Crippen LogP contribution >= 0.6 is 0 Å². The summed E-state index contributed by atoms with van der Waals surface area (Å²) >= 11 is 0. The maximum atomic E-state index is 13.1. The smallest absolute Gasteiger partial charge is 0.338 e. The Morgan fingerprint density at radius 1 is 1.09 bits per heavy atom. The lowest BCUT2D eigenvalue weighted by molar-refractivity contribution is -0.384. The van der Waals surface area contributed by atoms with E-state index in [1.54, 1.807) is 6.92 Å². The van der Waals surface area contributed by atoms with Crippen LogP contribution in [0.1, 0.15) is 39.2 Å². The molecule has 2 aromatic rings. The summed E-state index contributed by atoms with van der Waals surface area (Å²) in [5.74, 6) is -1.19. The predicted octanol–water partition coefficient (Wildman–Crippen LogP) is 2.49. The highest BCUT2D eigenvalue weighted by molar-refractivity contribution is 5.99. The fraction of sp³-hybridized carbons (Fsp3) is 0.391. The largest absolute Gasteiger partial charge is 0.462 e. The monoisotopic (exact) mass is 440 g/mol. The molecular weight excluding hydrogens is 412 g/mol. The van der Waals surface area contributed by atoms with Crippen molar-refractivity contribution in [3.05, 3.63) is 75.3 Å². The van der Waals surface area contributed by atoms with Crippen LogP contribution in [-0.4, -0.2) is 73.0 Å². The van der Waals surface area contributed by atoms with Crippen LogP contribution in [0.15, 0.2) is 48.5 Å². The van der Waals surface area contributed by atoms with E-state index in [4.69, 9.17) is 4.74 Å². The van der Waals surface area contributed by atoms with Crippen LogP contribution in [0, 0.1) is 10.1 Å².